The lowest BCUT2D eigenvalue weighted by Crippen LogP contribution is -2.16. The van der Waals surface area contributed by atoms with Crippen molar-refractivity contribution in [3.05, 3.63) is 64.1 Å². The fourth-order valence-corrected chi connectivity index (χ4v) is 2.07. The molecule has 0 saturated carbocycles. The van der Waals surface area contributed by atoms with E-state index in [-0.39, 0.29) is 5.84 Å². The Labute approximate surface area is 119 Å². The van der Waals surface area contributed by atoms with Gasteiger partial charge in [-0.25, -0.2) is 0 Å². The van der Waals surface area contributed by atoms with Gasteiger partial charge in [-0.3, -0.25) is 0 Å². The lowest BCUT2D eigenvalue weighted by Gasteiger charge is -2.11. The molecule has 98 valence electrons. The van der Waals surface area contributed by atoms with Crippen molar-refractivity contribution in [3.8, 4) is 5.75 Å². The number of rotatable bonds is 4. The Morgan fingerprint density at radius 1 is 1.16 bits per heavy atom. The topological polar surface area (TPSA) is 67.8 Å². The number of hydrogen-bond acceptors (Lipinski definition) is 3. The number of benzene rings is 2. The minimum absolute atomic E-state index is 0.0753. The predicted molar refractivity (Wildman–Crippen MR) is 77.4 cm³/mol. The van der Waals surface area contributed by atoms with Crippen molar-refractivity contribution in [1.29, 1.82) is 0 Å². The number of amidine groups is 1. The standard InChI is InChI=1S/C14H13BrN2O2/c15-12-7-3-4-8-13(12)19-9-10-5-1-2-6-11(10)14(16)17-18/h1-8,18H,9H2,(H2,16,17). The Morgan fingerprint density at radius 2 is 1.84 bits per heavy atom. The van der Waals surface area contributed by atoms with Crippen molar-refractivity contribution >= 4 is 21.8 Å². The molecule has 2 rings (SSSR count). The molecule has 0 aromatic heterocycles. The number of nitrogens with zero attached hydrogens (tertiary/aromatic N) is 1. The molecular weight excluding hydrogens is 308 g/mol. The molecule has 2 aromatic carbocycles. The van der Waals surface area contributed by atoms with Crippen LogP contribution in [0, 0.1) is 0 Å². The first-order valence-corrected chi connectivity index (χ1v) is 6.45. The van der Waals surface area contributed by atoms with E-state index in [4.69, 9.17) is 15.7 Å². The third kappa shape index (κ3) is 3.26. The minimum Gasteiger partial charge on any atom is -0.488 e. The predicted octanol–water partition coefficient (Wildman–Crippen LogP) is 3.12. The molecule has 0 heterocycles. The molecule has 0 fully saturated rings. The van der Waals surface area contributed by atoms with Gasteiger partial charge in [-0.05, 0) is 28.1 Å². The van der Waals surface area contributed by atoms with Gasteiger partial charge >= 0.3 is 0 Å². The van der Waals surface area contributed by atoms with Gasteiger partial charge in [0.2, 0.25) is 0 Å². The van der Waals surface area contributed by atoms with Crippen molar-refractivity contribution in [2.75, 3.05) is 0 Å². The molecule has 19 heavy (non-hydrogen) atoms. The van der Waals surface area contributed by atoms with Gasteiger partial charge in [0, 0.05) is 11.1 Å². The summed E-state index contributed by atoms with van der Waals surface area (Å²) in [5, 5.41) is 11.8. The first-order valence-electron chi connectivity index (χ1n) is 5.65. The molecule has 0 aliphatic rings. The normalized spacial score (nSPS) is 11.3. The van der Waals surface area contributed by atoms with Gasteiger partial charge in [0.25, 0.3) is 0 Å². The van der Waals surface area contributed by atoms with E-state index in [9.17, 15) is 0 Å². The van der Waals surface area contributed by atoms with Crippen LogP contribution in [0.3, 0.4) is 0 Å². The summed E-state index contributed by atoms with van der Waals surface area (Å²) in [5.74, 6) is 0.822. The molecule has 5 heteroatoms. The van der Waals surface area contributed by atoms with Gasteiger partial charge in [0.1, 0.15) is 12.4 Å². The van der Waals surface area contributed by atoms with Crippen molar-refractivity contribution in [2.24, 2.45) is 10.9 Å². The third-order valence-electron chi connectivity index (χ3n) is 2.62. The average molecular weight is 321 g/mol. The van der Waals surface area contributed by atoms with Crippen LogP contribution in [0.5, 0.6) is 5.75 Å². The average Bonchev–Trinajstić information content (AvgIpc) is 2.46. The van der Waals surface area contributed by atoms with E-state index in [0.717, 1.165) is 15.8 Å². The molecule has 0 atom stereocenters. The Kier molecular flexibility index (Phi) is 4.41. The molecule has 0 spiro atoms. The molecular formula is C14H13BrN2O2. The Morgan fingerprint density at radius 3 is 2.58 bits per heavy atom. The Hall–Kier alpha value is -2.01. The lowest BCUT2D eigenvalue weighted by atomic mass is 10.1. The van der Waals surface area contributed by atoms with Crippen LogP contribution in [-0.4, -0.2) is 11.0 Å². The van der Waals surface area contributed by atoms with Crippen LogP contribution in [0.4, 0.5) is 0 Å². The molecule has 4 nitrogen and oxygen atoms in total. The van der Waals surface area contributed by atoms with Crippen LogP contribution in [-0.2, 0) is 6.61 Å². The largest absolute Gasteiger partial charge is 0.488 e. The lowest BCUT2D eigenvalue weighted by molar-refractivity contribution is 0.303. The SMILES string of the molecule is N/C(=N\O)c1ccccc1COc1ccccc1Br. The van der Waals surface area contributed by atoms with Gasteiger partial charge in [-0.1, -0.05) is 41.6 Å². The highest BCUT2D eigenvalue weighted by Crippen LogP contribution is 2.25. The summed E-state index contributed by atoms with van der Waals surface area (Å²) in [6.45, 7) is 0.342. The van der Waals surface area contributed by atoms with Crippen LogP contribution < -0.4 is 10.5 Å². The number of para-hydroxylation sites is 1. The fourth-order valence-electron chi connectivity index (χ4n) is 1.67. The summed E-state index contributed by atoms with van der Waals surface area (Å²) >= 11 is 3.42. The molecule has 2 aromatic rings. The summed E-state index contributed by atoms with van der Waals surface area (Å²) in [6, 6.07) is 15.0. The highest BCUT2D eigenvalue weighted by atomic mass is 79.9. The van der Waals surface area contributed by atoms with E-state index in [1.807, 2.05) is 42.5 Å². The molecule has 0 aliphatic carbocycles. The van der Waals surface area contributed by atoms with Crippen molar-refractivity contribution < 1.29 is 9.94 Å². The van der Waals surface area contributed by atoms with E-state index in [0.29, 0.717) is 12.2 Å². The summed E-state index contributed by atoms with van der Waals surface area (Å²) in [6.07, 6.45) is 0. The maximum Gasteiger partial charge on any atom is 0.170 e. The molecule has 3 N–H and O–H groups in total. The summed E-state index contributed by atoms with van der Waals surface area (Å²) in [7, 11) is 0. The van der Waals surface area contributed by atoms with Crippen molar-refractivity contribution in [3.63, 3.8) is 0 Å². The van der Waals surface area contributed by atoms with E-state index < -0.39 is 0 Å². The third-order valence-corrected chi connectivity index (χ3v) is 3.28. The van der Waals surface area contributed by atoms with Crippen LogP contribution in [0.15, 0.2) is 58.2 Å². The van der Waals surface area contributed by atoms with Crippen molar-refractivity contribution in [2.45, 2.75) is 6.61 Å². The molecule has 0 amide bonds. The summed E-state index contributed by atoms with van der Waals surface area (Å²) < 4.78 is 6.60. The number of hydrogen-bond donors (Lipinski definition) is 2. The van der Waals surface area contributed by atoms with Gasteiger partial charge in [0.05, 0.1) is 4.47 Å². The first-order chi connectivity index (χ1) is 9.22. The number of nitrogens with two attached hydrogens (primary N) is 1. The maximum absolute atomic E-state index is 8.76. The van der Waals surface area contributed by atoms with Gasteiger partial charge in [0.15, 0.2) is 5.84 Å². The number of oxime groups is 1. The molecule has 0 unspecified atom stereocenters. The molecule has 0 aliphatic heterocycles. The molecule has 0 radical (unpaired) electrons. The second-order valence-electron chi connectivity index (χ2n) is 3.86. The maximum atomic E-state index is 8.76. The van der Waals surface area contributed by atoms with Gasteiger partial charge < -0.3 is 15.7 Å². The zero-order valence-electron chi connectivity index (χ0n) is 10.1. The highest BCUT2D eigenvalue weighted by Gasteiger charge is 2.07. The van der Waals surface area contributed by atoms with E-state index >= 15 is 0 Å². The highest BCUT2D eigenvalue weighted by molar-refractivity contribution is 9.10. The first kappa shape index (κ1) is 13.4. The van der Waals surface area contributed by atoms with Crippen LogP contribution >= 0.6 is 15.9 Å². The second kappa shape index (κ2) is 6.24. The molecule has 0 saturated heterocycles. The summed E-state index contributed by atoms with van der Waals surface area (Å²) in [4.78, 5) is 0. The van der Waals surface area contributed by atoms with Crippen LogP contribution in [0.25, 0.3) is 0 Å². The van der Waals surface area contributed by atoms with Crippen LogP contribution in [0.1, 0.15) is 11.1 Å². The van der Waals surface area contributed by atoms with E-state index in [1.54, 1.807) is 6.07 Å². The number of ether oxygens (including phenoxy) is 1. The zero-order valence-corrected chi connectivity index (χ0v) is 11.7. The monoisotopic (exact) mass is 320 g/mol. The van der Waals surface area contributed by atoms with Gasteiger partial charge in [-0.2, -0.15) is 0 Å². The second-order valence-corrected chi connectivity index (χ2v) is 4.72. The zero-order chi connectivity index (χ0) is 13.7. The van der Waals surface area contributed by atoms with Crippen molar-refractivity contribution in [1.82, 2.24) is 0 Å². The minimum atomic E-state index is 0.0753. The molecule has 0 bridgehead atoms. The summed E-state index contributed by atoms with van der Waals surface area (Å²) in [5.41, 5.74) is 7.15. The van der Waals surface area contributed by atoms with Gasteiger partial charge in [-0.15, -0.1) is 0 Å². The van der Waals surface area contributed by atoms with E-state index in [2.05, 4.69) is 21.1 Å². The van der Waals surface area contributed by atoms with Crippen LogP contribution in [0.2, 0.25) is 0 Å². The fraction of sp³-hybridized carbons (Fsp3) is 0.0714. The van der Waals surface area contributed by atoms with E-state index in [1.165, 1.54) is 0 Å². The number of halogens is 1. The smallest absolute Gasteiger partial charge is 0.170 e. The Bertz CT molecular complexity index is 600. The Balaban J connectivity index is 2.19. The quantitative estimate of drug-likeness (QED) is 0.393.